The zero-order valence-corrected chi connectivity index (χ0v) is 21.2. The van der Waals surface area contributed by atoms with Crippen LogP contribution in [0.15, 0.2) is 0 Å². The molecule has 0 aromatic carbocycles. The molecular formula is C12H32N4O8S6. The van der Waals surface area contributed by atoms with E-state index in [0.717, 1.165) is 0 Å². The van der Waals surface area contributed by atoms with Crippen LogP contribution in [0, 0.1) is 0 Å². The van der Waals surface area contributed by atoms with Gasteiger partial charge in [-0.25, -0.2) is 0 Å². The van der Waals surface area contributed by atoms with Gasteiger partial charge < -0.3 is 43.4 Å². The van der Waals surface area contributed by atoms with Crippen LogP contribution in [0.4, 0.5) is 0 Å². The van der Waals surface area contributed by atoms with Crippen molar-refractivity contribution in [3.05, 3.63) is 0 Å². The van der Waals surface area contributed by atoms with Crippen molar-refractivity contribution in [1.29, 1.82) is 0 Å². The number of hydrogen-bond donors (Lipinski definition) is 12. The summed E-state index contributed by atoms with van der Waals surface area (Å²) in [6.07, 6.45) is 0. The van der Waals surface area contributed by atoms with Gasteiger partial charge in [-0.15, -0.1) is 0 Å². The summed E-state index contributed by atoms with van der Waals surface area (Å²) in [5.74, 6) is -3.26. The second-order valence-electron chi connectivity index (χ2n) is 4.51. The summed E-state index contributed by atoms with van der Waals surface area (Å²) in [7, 11) is 0. The highest BCUT2D eigenvalue weighted by Crippen LogP contribution is 1.81. The molecule has 0 saturated heterocycles. The molecule has 0 spiro atoms. The first kappa shape index (κ1) is 43.7. The van der Waals surface area contributed by atoms with Gasteiger partial charge in [0.15, 0.2) is 0 Å². The van der Waals surface area contributed by atoms with E-state index in [4.69, 9.17) is 43.4 Å². The lowest BCUT2D eigenvalue weighted by Gasteiger charge is -1.96. The fourth-order valence-electron chi connectivity index (χ4n) is 0.312. The molecule has 0 heterocycles. The Morgan fingerprint density at radius 2 is 0.600 bits per heavy atom. The predicted octanol–water partition coefficient (Wildman–Crippen LogP) is -2.46. The second-order valence-corrected chi connectivity index (χ2v) is 5.97. The van der Waals surface area contributed by atoms with Crippen molar-refractivity contribution in [1.82, 2.24) is 0 Å². The van der Waals surface area contributed by atoms with Crippen LogP contribution in [-0.4, -0.2) is 91.5 Å². The number of hydrogen-bond acceptors (Lipinski definition) is 12. The van der Waals surface area contributed by atoms with E-state index >= 15 is 0 Å². The maximum absolute atomic E-state index is 9.76. The molecule has 12 nitrogen and oxygen atoms in total. The van der Waals surface area contributed by atoms with E-state index in [1.54, 1.807) is 0 Å². The molecular weight excluding hydrogens is 521 g/mol. The first-order valence-electron chi connectivity index (χ1n) is 7.10. The summed E-state index contributed by atoms with van der Waals surface area (Å²) in [6.45, 7) is 0. The monoisotopic (exact) mass is 552 g/mol. The van der Waals surface area contributed by atoms with Crippen LogP contribution in [0.25, 0.3) is 0 Å². The lowest BCUT2D eigenvalue weighted by Crippen LogP contribution is -2.31. The zero-order valence-electron chi connectivity index (χ0n) is 15.7. The molecule has 0 radical (unpaired) electrons. The Morgan fingerprint density at radius 3 is 0.600 bits per heavy atom. The topological polar surface area (TPSA) is 253 Å². The summed E-state index contributed by atoms with van der Waals surface area (Å²) in [5, 5.41) is 32.0. The molecule has 18 heteroatoms. The van der Waals surface area contributed by atoms with Crippen LogP contribution in [0.2, 0.25) is 0 Å². The van der Waals surface area contributed by atoms with Gasteiger partial charge in [0.1, 0.15) is 24.2 Å². The summed E-state index contributed by atoms with van der Waals surface area (Å²) in [4.78, 5) is 39.0. The molecule has 0 aromatic heterocycles. The first-order chi connectivity index (χ1) is 12.7. The smallest absolute Gasteiger partial charge is 0.321 e. The largest absolute Gasteiger partial charge is 0.480 e. The number of nitrogens with two attached hydrogens (primary N) is 4. The summed E-state index contributed by atoms with van der Waals surface area (Å²) in [6, 6.07) is -3.27. The third-order valence-electron chi connectivity index (χ3n) is 2.06. The minimum Gasteiger partial charge on any atom is -0.480 e. The van der Waals surface area contributed by atoms with Crippen LogP contribution >= 0.6 is 77.5 Å². The Hall–Kier alpha value is -0.180. The van der Waals surface area contributed by atoms with Crippen molar-refractivity contribution in [2.24, 2.45) is 22.9 Å². The van der Waals surface area contributed by atoms with Crippen molar-refractivity contribution in [3.8, 4) is 0 Å². The number of carboxylic acid groups (broad SMARTS) is 4. The highest BCUT2D eigenvalue weighted by molar-refractivity contribution is 7.80. The van der Waals surface area contributed by atoms with Crippen LogP contribution in [0.3, 0.4) is 0 Å². The van der Waals surface area contributed by atoms with Crippen molar-refractivity contribution in [2.75, 3.05) is 23.0 Å². The molecule has 0 aliphatic rings. The van der Waals surface area contributed by atoms with Gasteiger partial charge in [-0.1, -0.05) is 0 Å². The standard InChI is InChI=1S/4C3H7NO2S.2H2S/c4*4-2(1-7)3(5)6;;/h4*2,7H,1,4H2,(H,5,6);2*1H2/t4*2-;;/m0000../s1. The third kappa shape index (κ3) is 35.3. The molecule has 12 N–H and O–H groups in total. The Kier molecular flexibility index (Phi) is 41.9. The van der Waals surface area contributed by atoms with E-state index in [1.165, 1.54) is 0 Å². The van der Waals surface area contributed by atoms with Gasteiger partial charge in [0.2, 0.25) is 0 Å². The Balaban J connectivity index is -0.0000000626. The molecule has 0 saturated carbocycles. The van der Waals surface area contributed by atoms with Crippen LogP contribution in [0.1, 0.15) is 0 Å². The van der Waals surface area contributed by atoms with E-state index < -0.39 is 48.0 Å². The molecule has 30 heavy (non-hydrogen) atoms. The van der Waals surface area contributed by atoms with E-state index in [1.807, 2.05) is 0 Å². The van der Waals surface area contributed by atoms with Gasteiger partial charge in [-0.05, 0) is 0 Å². The molecule has 4 atom stereocenters. The molecule has 0 unspecified atom stereocenters. The van der Waals surface area contributed by atoms with Gasteiger partial charge >= 0.3 is 23.9 Å². The van der Waals surface area contributed by atoms with E-state index in [2.05, 4.69) is 50.5 Å². The maximum atomic E-state index is 9.76. The fourth-order valence-corrected chi connectivity index (χ4v) is 0.937. The molecule has 184 valence electrons. The van der Waals surface area contributed by atoms with Gasteiger partial charge in [-0.2, -0.15) is 77.5 Å². The fraction of sp³-hybridized carbons (Fsp3) is 0.667. The van der Waals surface area contributed by atoms with Crippen LogP contribution in [0.5, 0.6) is 0 Å². The lowest BCUT2D eigenvalue weighted by molar-refractivity contribution is -0.138. The maximum Gasteiger partial charge on any atom is 0.321 e. The van der Waals surface area contributed by atoms with Gasteiger partial charge in [-0.3, -0.25) is 19.2 Å². The summed E-state index contributed by atoms with van der Waals surface area (Å²) in [5.41, 5.74) is 19.8. The molecule has 0 aliphatic carbocycles. The van der Waals surface area contributed by atoms with Gasteiger partial charge in [0.25, 0.3) is 0 Å². The van der Waals surface area contributed by atoms with E-state index in [9.17, 15) is 19.2 Å². The quantitative estimate of drug-likeness (QED) is 0.140. The highest BCUT2D eigenvalue weighted by Gasteiger charge is 2.07. The predicted molar refractivity (Wildman–Crippen MR) is 139 cm³/mol. The van der Waals surface area contributed by atoms with E-state index in [-0.39, 0.29) is 50.0 Å². The van der Waals surface area contributed by atoms with E-state index in [0.29, 0.717) is 0 Å². The Morgan fingerprint density at radius 1 is 0.500 bits per heavy atom. The summed E-state index contributed by atoms with van der Waals surface area (Å²) >= 11 is 14.6. The second kappa shape index (κ2) is 28.8. The van der Waals surface area contributed by atoms with Crippen LogP contribution in [-0.2, 0) is 19.2 Å². The molecule has 0 amide bonds. The zero-order chi connectivity index (χ0) is 23.4. The van der Waals surface area contributed by atoms with Crippen LogP contribution < -0.4 is 22.9 Å². The minimum absolute atomic E-state index is 0. The molecule has 0 rings (SSSR count). The minimum atomic E-state index is -1.00. The lowest BCUT2D eigenvalue weighted by atomic mass is 10.4. The van der Waals surface area contributed by atoms with Gasteiger partial charge in [0, 0.05) is 23.0 Å². The molecule has 0 fully saturated rings. The number of thiol groups is 4. The normalized spacial score (nSPS) is 12.5. The van der Waals surface area contributed by atoms with Crippen molar-refractivity contribution < 1.29 is 39.6 Å². The number of aliphatic carboxylic acids is 4. The van der Waals surface area contributed by atoms with Crippen molar-refractivity contribution in [2.45, 2.75) is 24.2 Å². The average Bonchev–Trinajstić information content (AvgIpc) is 2.66. The molecule has 0 bridgehead atoms. The summed E-state index contributed by atoms with van der Waals surface area (Å²) < 4.78 is 0. The first-order valence-corrected chi connectivity index (χ1v) is 9.63. The number of rotatable bonds is 8. The Bertz CT molecular complexity index is 386. The Labute approximate surface area is 210 Å². The van der Waals surface area contributed by atoms with Gasteiger partial charge in [0.05, 0.1) is 0 Å². The average molecular weight is 553 g/mol. The SMILES string of the molecule is N[C@@H](CS)C(=O)O.N[C@@H](CS)C(=O)O.N[C@@H](CS)C(=O)O.N[C@@H](CS)C(=O)O.S.S. The highest BCUT2D eigenvalue weighted by atomic mass is 32.1. The molecule has 0 aromatic rings. The van der Waals surface area contributed by atoms with Crippen molar-refractivity contribution >= 4 is 101 Å². The third-order valence-corrected chi connectivity index (χ3v) is 3.63. The van der Waals surface area contributed by atoms with Crippen molar-refractivity contribution in [3.63, 3.8) is 0 Å². The number of carboxylic acids is 4. The molecule has 0 aliphatic heterocycles. The number of carbonyl (C=O) groups is 4.